The first-order valence-corrected chi connectivity index (χ1v) is 11.6. The van der Waals surface area contributed by atoms with Crippen molar-refractivity contribution in [2.24, 2.45) is 0 Å². The smallest absolute Gasteiger partial charge is 0.335 e. The van der Waals surface area contributed by atoms with Crippen molar-refractivity contribution in [3.05, 3.63) is 59.4 Å². The molecule has 0 aliphatic rings. The number of ether oxygens (including phenoxy) is 1. The summed E-state index contributed by atoms with van der Waals surface area (Å²) in [4.78, 5) is 39.0. The molecule has 3 N–H and O–H groups in total. The van der Waals surface area contributed by atoms with Crippen molar-refractivity contribution in [1.82, 2.24) is 4.98 Å². The van der Waals surface area contributed by atoms with Gasteiger partial charge in [0.25, 0.3) is 5.91 Å². The number of carbonyl (C=O) groups excluding carboxylic acids is 1. The third-order valence-corrected chi connectivity index (χ3v) is 5.13. The molecule has 182 valence electrons. The summed E-state index contributed by atoms with van der Waals surface area (Å²) in [7, 11) is 0. The van der Waals surface area contributed by atoms with Crippen LogP contribution in [0.15, 0.2) is 42.5 Å². The molecule has 0 bridgehead atoms. The van der Waals surface area contributed by atoms with E-state index in [0.29, 0.717) is 18.0 Å². The van der Waals surface area contributed by atoms with Crippen LogP contribution < -0.4 is 10.1 Å². The van der Waals surface area contributed by atoms with Crippen LogP contribution in [0.25, 0.3) is 6.08 Å². The number of anilines is 1. The Morgan fingerprint density at radius 2 is 1.68 bits per heavy atom. The third-order valence-electron chi connectivity index (χ3n) is 5.13. The number of carboxylic acids is 2. The number of pyridine rings is 1. The van der Waals surface area contributed by atoms with Crippen molar-refractivity contribution in [1.29, 1.82) is 0 Å². The van der Waals surface area contributed by atoms with Crippen molar-refractivity contribution < 1.29 is 29.3 Å². The molecule has 8 heteroatoms. The largest absolute Gasteiger partial charge is 0.491 e. The molecule has 1 aromatic carbocycles. The SMILES string of the molecule is CCCCCCCCCCOc1ccc(C(=O)Nc2cccc(C(=O)O)c2)nc1/C=C/C(=O)O. The maximum absolute atomic E-state index is 12.6. The number of aromatic nitrogens is 1. The fourth-order valence-electron chi connectivity index (χ4n) is 3.32. The monoisotopic (exact) mass is 468 g/mol. The van der Waals surface area contributed by atoms with Crippen molar-refractivity contribution in [3.8, 4) is 5.75 Å². The van der Waals surface area contributed by atoms with Crippen LogP contribution in [0.1, 0.15) is 84.8 Å². The zero-order valence-electron chi connectivity index (χ0n) is 19.5. The number of hydrogen-bond acceptors (Lipinski definition) is 5. The van der Waals surface area contributed by atoms with Crippen molar-refractivity contribution in [2.45, 2.75) is 58.3 Å². The Balaban J connectivity index is 1.99. The van der Waals surface area contributed by atoms with E-state index in [0.717, 1.165) is 25.3 Å². The average molecular weight is 469 g/mol. The highest BCUT2D eigenvalue weighted by Gasteiger charge is 2.13. The minimum atomic E-state index is -1.14. The Hall–Kier alpha value is -3.68. The molecule has 0 atom stereocenters. The molecule has 2 aromatic rings. The quantitative estimate of drug-likeness (QED) is 0.228. The highest BCUT2D eigenvalue weighted by atomic mass is 16.5. The fourth-order valence-corrected chi connectivity index (χ4v) is 3.32. The average Bonchev–Trinajstić information content (AvgIpc) is 2.82. The molecule has 1 heterocycles. The molecule has 0 radical (unpaired) electrons. The van der Waals surface area contributed by atoms with E-state index >= 15 is 0 Å². The summed E-state index contributed by atoms with van der Waals surface area (Å²) < 4.78 is 5.81. The fraction of sp³-hybridized carbons (Fsp3) is 0.385. The number of benzene rings is 1. The Morgan fingerprint density at radius 3 is 2.35 bits per heavy atom. The second-order valence-electron chi connectivity index (χ2n) is 7.91. The molecule has 8 nitrogen and oxygen atoms in total. The number of amides is 1. The standard InChI is InChI=1S/C26H32N2O6/c1-2-3-4-5-6-7-8-9-17-34-23-15-13-22(28-21(23)14-16-24(29)30)25(31)27-20-12-10-11-19(18-20)26(32)33/h10-16,18H,2-9,17H2,1H3,(H,27,31)(H,29,30)(H,32,33)/b16-14+. The third kappa shape index (κ3) is 9.44. The molecule has 0 spiro atoms. The number of carbonyl (C=O) groups is 3. The predicted octanol–water partition coefficient (Wildman–Crippen LogP) is 5.65. The van der Waals surface area contributed by atoms with Gasteiger partial charge in [-0.25, -0.2) is 14.6 Å². The Bertz CT molecular complexity index is 1000. The van der Waals surface area contributed by atoms with Crippen molar-refractivity contribution in [2.75, 3.05) is 11.9 Å². The van der Waals surface area contributed by atoms with Crippen LogP contribution in [0.4, 0.5) is 5.69 Å². The normalized spacial score (nSPS) is 10.9. The zero-order valence-corrected chi connectivity index (χ0v) is 19.5. The van der Waals surface area contributed by atoms with Crippen LogP contribution >= 0.6 is 0 Å². The highest BCUT2D eigenvalue weighted by Crippen LogP contribution is 2.21. The van der Waals surface area contributed by atoms with E-state index in [-0.39, 0.29) is 17.0 Å². The van der Waals surface area contributed by atoms with E-state index in [4.69, 9.17) is 14.9 Å². The number of aliphatic carboxylic acids is 1. The second-order valence-corrected chi connectivity index (χ2v) is 7.91. The summed E-state index contributed by atoms with van der Waals surface area (Å²) in [5.41, 5.74) is 0.629. The lowest BCUT2D eigenvalue weighted by Gasteiger charge is -2.11. The minimum Gasteiger partial charge on any atom is -0.491 e. The van der Waals surface area contributed by atoms with Gasteiger partial charge in [0.05, 0.1) is 12.2 Å². The van der Waals surface area contributed by atoms with E-state index in [1.807, 2.05) is 0 Å². The van der Waals surface area contributed by atoms with Gasteiger partial charge in [-0.15, -0.1) is 0 Å². The van der Waals surface area contributed by atoms with E-state index in [1.165, 1.54) is 62.4 Å². The number of carboxylic acid groups (broad SMARTS) is 2. The lowest BCUT2D eigenvalue weighted by Crippen LogP contribution is -2.15. The van der Waals surface area contributed by atoms with Crippen molar-refractivity contribution in [3.63, 3.8) is 0 Å². The lowest BCUT2D eigenvalue weighted by molar-refractivity contribution is -0.131. The molecule has 2 rings (SSSR count). The maximum atomic E-state index is 12.6. The molecular formula is C26H32N2O6. The van der Waals surface area contributed by atoms with E-state index in [2.05, 4.69) is 17.2 Å². The zero-order chi connectivity index (χ0) is 24.8. The lowest BCUT2D eigenvalue weighted by atomic mass is 10.1. The van der Waals surface area contributed by atoms with Gasteiger partial charge in [-0.05, 0) is 42.8 Å². The van der Waals surface area contributed by atoms with Crippen LogP contribution in [0.3, 0.4) is 0 Å². The molecule has 1 amide bonds. The van der Waals surface area contributed by atoms with Gasteiger partial charge in [-0.3, -0.25) is 4.79 Å². The Kier molecular flexibility index (Phi) is 11.3. The van der Waals surface area contributed by atoms with Crippen LogP contribution in [-0.2, 0) is 4.79 Å². The molecule has 0 unspecified atom stereocenters. The van der Waals surface area contributed by atoms with E-state index in [1.54, 1.807) is 12.1 Å². The second kappa shape index (κ2) is 14.5. The van der Waals surface area contributed by atoms with Gasteiger partial charge in [0.1, 0.15) is 17.1 Å². The Morgan fingerprint density at radius 1 is 0.971 bits per heavy atom. The van der Waals surface area contributed by atoms with E-state index < -0.39 is 17.8 Å². The number of aromatic carboxylic acids is 1. The predicted molar refractivity (Wildman–Crippen MR) is 130 cm³/mol. The summed E-state index contributed by atoms with van der Waals surface area (Å²) in [5.74, 6) is -2.41. The molecule has 34 heavy (non-hydrogen) atoms. The first-order chi connectivity index (χ1) is 16.4. The number of hydrogen-bond donors (Lipinski definition) is 3. The van der Waals surface area contributed by atoms with Gasteiger partial charge in [0, 0.05) is 11.8 Å². The number of rotatable bonds is 15. The summed E-state index contributed by atoms with van der Waals surface area (Å²) in [6, 6.07) is 8.92. The van der Waals surface area contributed by atoms with Crippen LogP contribution in [0, 0.1) is 0 Å². The van der Waals surface area contributed by atoms with Crippen molar-refractivity contribution >= 4 is 29.6 Å². The van der Waals surface area contributed by atoms with Gasteiger partial charge >= 0.3 is 11.9 Å². The first kappa shape index (κ1) is 26.6. The molecule has 0 aliphatic carbocycles. The van der Waals surface area contributed by atoms with Gasteiger partial charge < -0.3 is 20.3 Å². The molecule has 0 fully saturated rings. The molecule has 0 aliphatic heterocycles. The summed E-state index contributed by atoms with van der Waals surface area (Å²) in [6.07, 6.45) is 11.6. The topological polar surface area (TPSA) is 126 Å². The molecule has 0 saturated heterocycles. The highest BCUT2D eigenvalue weighted by molar-refractivity contribution is 6.03. The van der Waals surface area contributed by atoms with Crippen LogP contribution in [0.2, 0.25) is 0 Å². The summed E-state index contributed by atoms with van der Waals surface area (Å²) >= 11 is 0. The summed E-state index contributed by atoms with van der Waals surface area (Å²) in [5, 5.41) is 20.7. The number of nitrogens with one attached hydrogen (secondary N) is 1. The first-order valence-electron chi connectivity index (χ1n) is 11.6. The summed E-state index contributed by atoms with van der Waals surface area (Å²) in [6.45, 7) is 2.67. The molecule has 0 saturated carbocycles. The number of unbranched alkanes of at least 4 members (excludes halogenated alkanes) is 7. The molecule has 1 aromatic heterocycles. The Labute approximate surface area is 199 Å². The van der Waals surface area contributed by atoms with Gasteiger partial charge in [0.15, 0.2) is 0 Å². The maximum Gasteiger partial charge on any atom is 0.335 e. The number of nitrogens with zero attached hydrogens (tertiary/aromatic N) is 1. The van der Waals surface area contributed by atoms with Gasteiger partial charge in [0.2, 0.25) is 0 Å². The van der Waals surface area contributed by atoms with Gasteiger partial charge in [-0.2, -0.15) is 0 Å². The minimum absolute atomic E-state index is 0.0422. The molecular weight excluding hydrogens is 436 g/mol. The van der Waals surface area contributed by atoms with Gasteiger partial charge in [-0.1, -0.05) is 57.9 Å². The van der Waals surface area contributed by atoms with Crippen LogP contribution in [-0.4, -0.2) is 39.6 Å². The van der Waals surface area contributed by atoms with Crippen LogP contribution in [0.5, 0.6) is 5.75 Å². The van der Waals surface area contributed by atoms with E-state index in [9.17, 15) is 14.4 Å².